The fraction of sp³-hybridized carbons (Fsp3) is 1.00. The molecule has 0 spiro atoms. The standard InChI is InChI=1S/C27H55O2P.K.H/c1-7-13-16-22(10-4)19-25-28-26(20-23(11-5)17-14-8-2)30-27(29-25)21-24(12-6)18-15-9-3;;/h22-27,30H,7-21H2,1-6H3;;. The van der Waals surface area contributed by atoms with E-state index in [1.54, 1.807) is 0 Å². The summed E-state index contributed by atoms with van der Waals surface area (Å²) in [5.74, 6) is 3.27. The molecule has 0 N–H and O–H groups in total. The van der Waals surface area contributed by atoms with Gasteiger partial charge in [-0.15, -0.1) is 0 Å². The zero-order chi connectivity index (χ0) is 22.2. The van der Waals surface area contributed by atoms with Crippen molar-refractivity contribution < 1.29 is 9.47 Å². The van der Waals surface area contributed by atoms with Crippen LogP contribution < -0.4 is 0 Å². The van der Waals surface area contributed by atoms with Gasteiger partial charge in [0.15, 0.2) is 6.29 Å². The molecule has 0 aromatic heterocycles. The van der Waals surface area contributed by atoms with Crippen molar-refractivity contribution in [1.82, 2.24) is 0 Å². The first-order chi connectivity index (χ1) is 14.6. The minimum atomic E-state index is 0. The zero-order valence-electron chi connectivity index (χ0n) is 21.4. The Balaban J connectivity index is 0.00000900. The summed E-state index contributed by atoms with van der Waals surface area (Å²) in [7, 11) is 0.826. The normalized spacial score (nSPS) is 25.2. The maximum atomic E-state index is 6.63. The Morgan fingerprint density at radius 1 is 0.581 bits per heavy atom. The van der Waals surface area contributed by atoms with Crippen LogP contribution in [0.5, 0.6) is 0 Å². The number of ether oxygens (including phenoxy) is 2. The van der Waals surface area contributed by atoms with Crippen molar-refractivity contribution in [2.45, 2.75) is 156 Å². The van der Waals surface area contributed by atoms with E-state index in [1.165, 1.54) is 89.9 Å². The topological polar surface area (TPSA) is 18.5 Å². The summed E-state index contributed by atoms with van der Waals surface area (Å²) >= 11 is 0. The third-order valence-electron chi connectivity index (χ3n) is 7.25. The first kappa shape index (κ1) is 33.0. The fourth-order valence-electron chi connectivity index (χ4n) is 4.86. The molecule has 1 fully saturated rings. The summed E-state index contributed by atoms with van der Waals surface area (Å²) in [6.07, 6.45) is 19.5. The molecule has 0 saturated carbocycles. The minimum absolute atomic E-state index is 0. The van der Waals surface area contributed by atoms with Crippen LogP contribution in [0.2, 0.25) is 0 Å². The summed E-state index contributed by atoms with van der Waals surface area (Å²) in [6.45, 7) is 14.0. The van der Waals surface area contributed by atoms with Crippen molar-refractivity contribution in [2.75, 3.05) is 0 Å². The van der Waals surface area contributed by atoms with Gasteiger partial charge in [-0.1, -0.05) is 127 Å². The van der Waals surface area contributed by atoms with Gasteiger partial charge in [0, 0.05) is 6.42 Å². The maximum absolute atomic E-state index is 6.63. The molecule has 31 heavy (non-hydrogen) atoms. The van der Waals surface area contributed by atoms with Crippen molar-refractivity contribution in [3.05, 3.63) is 0 Å². The molecule has 1 aliphatic rings. The second-order valence-electron chi connectivity index (χ2n) is 9.80. The molecule has 182 valence electrons. The van der Waals surface area contributed by atoms with Crippen LogP contribution in [0.4, 0.5) is 0 Å². The van der Waals surface area contributed by atoms with Crippen LogP contribution >= 0.6 is 8.58 Å². The zero-order valence-corrected chi connectivity index (χ0v) is 22.4. The van der Waals surface area contributed by atoms with Crippen molar-refractivity contribution in [2.24, 2.45) is 17.8 Å². The third kappa shape index (κ3) is 14.9. The predicted octanol–water partition coefficient (Wildman–Crippen LogP) is 8.86. The second-order valence-corrected chi connectivity index (χ2v) is 11.4. The van der Waals surface area contributed by atoms with E-state index < -0.39 is 0 Å². The Bertz CT molecular complexity index is 332. The molecular weight excluding hydrogens is 426 g/mol. The Morgan fingerprint density at radius 2 is 0.935 bits per heavy atom. The fourth-order valence-corrected chi connectivity index (χ4v) is 6.68. The Morgan fingerprint density at radius 3 is 1.26 bits per heavy atom. The molecule has 4 heteroatoms. The average molecular weight is 483 g/mol. The summed E-state index contributed by atoms with van der Waals surface area (Å²) in [6, 6.07) is 0. The van der Waals surface area contributed by atoms with Gasteiger partial charge in [0.05, 0.1) is 11.7 Å². The van der Waals surface area contributed by atoms with Gasteiger partial charge in [0.25, 0.3) is 0 Å². The number of rotatable bonds is 18. The summed E-state index contributed by atoms with van der Waals surface area (Å²) in [5.41, 5.74) is 0. The predicted molar refractivity (Wildman–Crippen MR) is 143 cm³/mol. The van der Waals surface area contributed by atoms with Crippen LogP contribution in [0.3, 0.4) is 0 Å². The molecule has 1 heterocycles. The van der Waals surface area contributed by atoms with Gasteiger partial charge in [-0.2, -0.15) is 0 Å². The molecular formula is C27H56KO2P. The summed E-state index contributed by atoms with van der Waals surface area (Å²) in [4.78, 5) is 0. The van der Waals surface area contributed by atoms with Crippen molar-refractivity contribution in [3.8, 4) is 0 Å². The second kappa shape index (κ2) is 21.3. The summed E-state index contributed by atoms with van der Waals surface area (Å²) < 4.78 is 13.3. The Kier molecular flexibility index (Phi) is 22.6. The molecule has 2 nitrogen and oxygen atoms in total. The van der Waals surface area contributed by atoms with Gasteiger partial charge >= 0.3 is 51.4 Å². The van der Waals surface area contributed by atoms with E-state index >= 15 is 0 Å². The molecule has 5 atom stereocenters. The first-order valence-corrected chi connectivity index (χ1v) is 14.8. The average Bonchev–Trinajstić information content (AvgIpc) is 2.76. The van der Waals surface area contributed by atoms with Gasteiger partial charge in [0.2, 0.25) is 0 Å². The third-order valence-corrected chi connectivity index (χ3v) is 8.74. The SMILES string of the molecule is CCCCC(CC)CC1OC(CC(CC)CCCC)PC(CC(CC)CCCC)O1.[KH]. The van der Waals surface area contributed by atoms with Crippen molar-refractivity contribution in [3.63, 3.8) is 0 Å². The van der Waals surface area contributed by atoms with E-state index in [0.717, 1.165) is 32.8 Å². The molecule has 0 bridgehead atoms. The molecule has 0 aromatic carbocycles. The molecule has 0 aliphatic carbocycles. The van der Waals surface area contributed by atoms with Crippen LogP contribution in [0.15, 0.2) is 0 Å². The number of unbranched alkanes of at least 4 members (excludes halogenated alkanes) is 3. The van der Waals surface area contributed by atoms with E-state index in [-0.39, 0.29) is 57.7 Å². The quantitative estimate of drug-likeness (QED) is 0.143. The monoisotopic (exact) mass is 482 g/mol. The van der Waals surface area contributed by atoms with Crippen LogP contribution in [0.1, 0.15) is 138 Å². The van der Waals surface area contributed by atoms with Gasteiger partial charge in [-0.05, 0) is 30.6 Å². The van der Waals surface area contributed by atoms with Crippen LogP contribution in [-0.4, -0.2) is 69.4 Å². The van der Waals surface area contributed by atoms with Crippen LogP contribution in [0, 0.1) is 17.8 Å². The molecule has 1 rings (SSSR count). The Labute approximate surface area is 240 Å². The van der Waals surface area contributed by atoms with Gasteiger partial charge in [-0.3, -0.25) is 0 Å². The van der Waals surface area contributed by atoms with Crippen molar-refractivity contribution >= 4 is 60.0 Å². The van der Waals surface area contributed by atoms with E-state index in [1.807, 2.05) is 0 Å². The van der Waals surface area contributed by atoms with E-state index in [2.05, 4.69) is 41.5 Å². The Hall–Kier alpha value is 1.99. The number of hydrogen-bond donors (Lipinski definition) is 0. The van der Waals surface area contributed by atoms with Crippen LogP contribution in [0.25, 0.3) is 0 Å². The molecule has 5 unspecified atom stereocenters. The van der Waals surface area contributed by atoms with Crippen LogP contribution in [-0.2, 0) is 9.47 Å². The van der Waals surface area contributed by atoms with E-state index in [4.69, 9.17) is 9.47 Å². The van der Waals surface area contributed by atoms with Gasteiger partial charge < -0.3 is 9.47 Å². The molecule has 0 aromatic rings. The molecule has 1 aliphatic heterocycles. The molecule has 1 saturated heterocycles. The first-order valence-electron chi connectivity index (χ1n) is 13.7. The van der Waals surface area contributed by atoms with Gasteiger partial charge in [-0.25, -0.2) is 0 Å². The van der Waals surface area contributed by atoms with E-state index in [0.29, 0.717) is 11.7 Å². The van der Waals surface area contributed by atoms with Crippen molar-refractivity contribution in [1.29, 1.82) is 0 Å². The number of hydrogen-bond acceptors (Lipinski definition) is 2. The van der Waals surface area contributed by atoms with E-state index in [9.17, 15) is 0 Å². The summed E-state index contributed by atoms with van der Waals surface area (Å²) in [5, 5.41) is 0. The molecule has 0 amide bonds. The molecule has 0 radical (unpaired) electrons. The van der Waals surface area contributed by atoms with Gasteiger partial charge in [0.1, 0.15) is 0 Å².